The zero-order valence-electron chi connectivity index (χ0n) is 18.7. The van der Waals surface area contributed by atoms with Gasteiger partial charge in [-0.1, -0.05) is 6.42 Å². The van der Waals surface area contributed by atoms with E-state index in [1.165, 1.54) is 4.90 Å². The van der Waals surface area contributed by atoms with Gasteiger partial charge < -0.3 is 21.5 Å². The Hall–Kier alpha value is -1.84. The van der Waals surface area contributed by atoms with Gasteiger partial charge in [0.1, 0.15) is 5.60 Å². The molecule has 1 aliphatic heterocycles. The fraction of sp³-hybridized carbons (Fsp3) is 0.810. The summed E-state index contributed by atoms with van der Waals surface area (Å²) in [6.45, 7) is 7.87. The molecule has 0 radical (unpaired) electrons. The molecule has 3 atom stereocenters. The van der Waals surface area contributed by atoms with E-state index < -0.39 is 29.8 Å². The molecule has 0 aromatic carbocycles. The lowest BCUT2D eigenvalue weighted by molar-refractivity contribution is -0.130. The second-order valence-electron chi connectivity index (χ2n) is 8.90. The van der Waals surface area contributed by atoms with Crippen LogP contribution in [-0.2, 0) is 19.1 Å². The quantitative estimate of drug-likeness (QED) is 0.308. The summed E-state index contributed by atoms with van der Waals surface area (Å²) in [5, 5.41) is 2.85. The molecule has 0 spiro atoms. The van der Waals surface area contributed by atoms with Crippen molar-refractivity contribution < 1.29 is 23.9 Å². The molecular formula is C21H38N4O5. The number of nitrogens with zero attached hydrogens (tertiary/aromatic N) is 1. The van der Waals surface area contributed by atoms with E-state index in [-0.39, 0.29) is 30.3 Å². The first kappa shape index (κ1) is 26.2. The Morgan fingerprint density at radius 3 is 2.43 bits per heavy atom. The molecule has 0 bridgehead atoms. The Morgan fingerprint density at radius 2 is 1.83 bits per heavy atom. The lowest BCUT2D eigenvalue weighted by Crippen LogP contribution is -2.46. The Morgan fingerprint density at radius 1 is 1.17 bits per heavy atom. The van der Waals surface area contributed by atoms with Gasteiger partial charge in [-0.3, -0.25) is 19.3 Å². The lowest BCUT2D eigenvalue weighted by atomic mass is 10.0. The highest BCUT2D eigenvalue weighted by Crippen LogP contribution is 2.22. The molecule has 5 N–H and O–H groups in total. The summed E-state index contributed by atoms with van der Waals surface area (Å²) in [4.78, 5) is 50.9. The highest BCUT2D eigenvalue weighted by Gasteiger charge is 2.37. The van der Waals surface area contributed by atoms with Crippen LogP contribution in [0, 0.1) is 0 Å². The fourth-order valence-electron chi connectivity index (χ4n) is 3.25. The largest absolute Gasteiger partial charge is 0.444 e. The highest BCUT2D eigenvalue weighted by molar-refractivity contribution is 6.04. The molecule has 172 valence electrons. The number of amides is 1. The third-order valence-electron chi connectivity index (χ3n) is 5.05. The number of hydrogen-bond acceptors (Lipinski definition) is 8. The Kier molecular flexibility index (Phi) is 10.6. The number of Topliss-reactive ketones (excluding diaryl/α,β-unsaturated/α-hetero) is 3. The van der Waals surface area contributed by atoms with Crippen LogP contribution in [0.3, 0.4) is 0 Å². The summed E-state index contributed by atoms with van der Waals surface area (Å²) in [5.74, 6) is -0.799. The van der Waals surface area contributed by atoms with Gasteiger partial charge in [0.2, 0.25) is 0 Å². The van der Waals surface area contributed by atoms with Crippen molar-refractivity contribution in [3.63, 3.8) is 0 Å². The summed E-state index contributed by atoms with van der Waals surface area (Å²) in [6.07, 6.45) is 2.52. The molecule has 1 rings (SSSR count). The van der Waals surface area contributed by atoms with E-state index in [1.54, 1.807) is 27.7 Å². The summed E-state index contributed by atoms with van der Waals surface area (Å²) in [6, 6.07) is -1.90. The van der Waals surface area contributed by atoms with Crippen LogP contribution in [-0.4, -0.2) is 71.7 Å². The first-order chi connectivity index (χ1) is 14.0. The predicted molar refractivity (Wildman–Crippen MR) is 114 cm³/mol. The van der Waals surface area contributed by atoms with Crippen molar-refractivity contribution in [1.29, 1.82) is 0 Å². The second-order valence-corrected chi connectivity index (χ2v) is 8.90. The van der Waals surface area contributed by atoms with Gasteiger partial charge in [-0.05, 0) is 59.9 Å². The summed E-state index contributed by atoms with van der Waals surface area (Å²) in [7, 11) is 0. The molecule has 0 saturated carbocycles. The van der Waals surface area contributed by atoms with Crippen molar-refractivity contribution >= 4 is 23.4 Å². The standard InChI is InChI=1S/C21H38N4O5/c1-14(24-13-19(28)15(23)8-5-6-10-22)17(26)12-18(27)16-9-7-11-25(16)20(29)30-21(2,3)4/h14-16,24H,5-13,22-23H2,1-4H3/t14-,15-,16-/m0/s1. The second kappa shape index (κ2) is 12.1. The topological polar surface area (TPSA) is 145 Å². The molecule has 1 aliphatic rings. The van der Waals surface area contributed by atoms with Gasteiger partial charge in [0, 0.05) is 6.54 Å². The van der Waals surface area contributed by atoms with Gasteiger partial charge >= 0.3 is 6.09 Å². The number of nitrogens with one attached hydrogen (secondary N) is 1. The van der Waals surface area contributed by atoms with Gasteiger partial charge in [-0.2, -0.15) is 0 Å². The first-order valence-corrected chi connectivity index (χ1v) is 10.7. The monoisotopic (exact) mass is 426 g/mol. The molecule has 1 saturated heterocycles. The molecule has 30 heavy (non-hydrogen) atoms. The molecule has 0 aliphatic carbocycles. The van der Waals surface area contributed by atoms with Crippen LogP contribution >= 0.6 is 0 Å². The van der Waals surface area contributed by atoms with E-state index in [0.29, 0.717) is 32.4 Å². The first-order valence-electron chi connectivity index (χ1n) is 10.7. The molecule has 9 nitrogen and oxygen atoms in total. The lowest BCUT2D eigenvalue weighted by Gasteiger charge is -2.28. The minimum Gasteiger partial charge on any atom is -0.444 e. The van der Waals surface area contributed by atoms with Gasteiger partial charge in [0.25, 0.3) is 0 Å². The van der Waals surface area contributed by atoms with Gasteiger partial charge in [-0.15, -0.1) is 0 Å². The maximum atomic E-state index is 12.6. The van der Waals surface area contributed by atoms with Crippen molar-refractivity contribution in [2.24, 2.45) is 11.5 Å². The van der Waals surface area contributed by atoms with Crippen LogP contribution in [0.5, 0.6) is 0 Å². The van der Waals surface area contributed by atoms with E-state index in [9.17, 15) is 19.2 Å². The number of hydrogen-bond donors (Lipinski definition) is 3. The molecular weight excluding hydrogens is 388 g/mol. The zero-order valence-corrected chi connectivity index (χ0v) is 18.7. The van der Waals surface area contributed by atoms with Gasteiger partial charge in [0.05, 0.1) is 31.1 Å². The molecule has 0 aromatic rings. The van der Waals surface area contributed by atoms with Crippen molar-refractivity contribution in [2.45, 2.75) is 89.9 Å². The average molecular weight is 427 g/mol. The minimum atomic E-state index is -0.662. The van der Waals surface area contributed by atoms with Crippen LogP contribution in [0.25, 0.3) is 0 Å². The Labute approximate surface area is 179 Å². The van der Waals surface area contributed by atoms with Crippen LogP contribution < -0.4 is 16.8 Å². The molecule has 1 fully saturated rings. The zero-order chi connectivity index (χ0) is 22.9. The number of ether oxygens (including phenoxy) is 1. The Balaban J connectivity index is 2.49. The van der Waals surface area contributed by atoms with E-state index in [2.05, 4.69) is 5.32 Å². The van der Waals surface area contributed by atoms with Crippen LogP contribution in [0.4, 0.5) is 4.79 Å². The van der Waals surface area contributed by atoms with Crippen molar-refractivity contribution in [1.82, 2.24) is 10.2 Å². The minimum absolute atomic E-state index is 0.0294. The van der Waals surface area contributed by atoms with Crippen molar-refractivity contribution in [3.8, 4) is 0 Å². The van der Waals surface area contributed by atoms with E-state index in [4.69, 9.17) is 16.2 Å². The summed E-state index contributed by atoms with van der Waals surface area (Å²) >= 11 is 0. The molecule has 9 heteroatoms. The molecule has 1 amide bonds. The highest BCUT2D eigenvalue weighted by atomic mass is 16.6. The summed E-state index contributed by atoms with van der Waals surface area (Å²) in [5.41, 5.74) is 10.6. The number of rotatable bonds is 12. The molecule has 0 unspecified atom stereocenters. The number of likely N-dealkylation sites (tertiary alicyclic amines) is 1. The van der Waals surface area contributed by atoms with Crippen LogP contribution in [0.15, 0.2) is 0 Å². The smallest absolute Gasteiger partial charge is 0.410 e. The van der Waals surface area contributed by atoms with Crippen molar-refractivity contribution in [3.05, 3.63) is 0 Å². The Bertz CT molecular complexity index is 617. The normalized spacial score (nSPS) is 18.7. The number of unbranched alkanes of at least 4 members (excludes halogenated alkanes) is 1. The average Bonchev–Trinajstić information content (AvgIpc) is 3.14. The third kappa shape index (κ3) is 8.89. The predicted octanol–water partition coefficient (Wildman–Crippen LogP) is 0.918. The van der Waals surface area contributed by atoms with Gasteiger partial charge in [-0.25, -0.2) is 4.79 Å². The number of ketones is 3. The van der Waals surface area contributed by atoms with E-state index in [1.807, 2.05) is 0 Å². The maximum Gasteiger partial charge on any atom is 0.410 e. The van der Waals surface area contributed by atoms with Gasteiger partial charge in [0.15, 0.2) is 17.3 Å². The maximum absolute atomic E-state index is 12.6. The summed E-state index contributed by atoms with van der Waals surface area (Å²) < 4.78 is 5.36. The number of carbonyl (C=O) groups is 4. The van der Waals surface area contributed by atoms with E-state index >= 15 is 0 Å². The van der Waals surface area contributed by atoms with E-state index in [0.717, 1.165) is 12.8 Å². The third-order valence-corrected chi connectivity index (χ3v) is 5.05. The molecule has 1 heterocycles. The van der Waals surface area contributed by atoms with Crippen LogP contribution in [0.1, 0.15) is 66.2 Å². The SMILES string of the molecule is C[C@H](NCC(=O)[C@@H](N)CCCCN)C(=O)CC(=O)[C@@H]1CCCN1C(=O)OC(C)(C)C. The number of nitrogens with two attached hydrogens (primary N) is 2. The fourth-order valence-corrected chi connectivity index (χ4v) is 3.25. The van der Waals surface area contributed by atoms with Crippen molar-refractivity contribution in [2.75, 3.05) is 19.6 Å². The molecule has 0 aromatic heterocycles. The van der Waals surface area contributed by atoms with Crippen LogP contribution in [0.2, 0.25) is 0 Å². The number of carbonyl (C=O) groups excluding carboxylic acids is 4.